The summed E-state index contributed by atoms with van der Waals surface area (Å²) in [4.78, 5) is 15.8. The van der Waals surface area contributed by atoms with Crippen LogP contribution in [0, 0.1) is 0 Å². The Morgan fingerprint density at radius 1 is 0.568 bits per heavy atom. The molecule has 1 saturated heterocycles. The summed E-state index contributed by atoms with van der Waals surface area (Å²) in [6.45, 7) is 3.68. The smallest absolute Gasteiger partial charge is 0.452 e. The largest absolute Gasteiger partial charge is 0.492 e. The Hall–Kier alpha value is -4.87. The SMILES string of the molecule is COC(Cc1ccc(OCCN(C)CC(c2ccc(Cl)cc2)c2ccc(Cl)cc2)cc1)C(=O)C(F)(F)F.COC1(C(F)(F)F)OC1Cc1ccc(OCCN(C)CC(c2ccc(Cl)cc2)c2ccc(Cl)cc2)cc1. The van der Waals surface area contributed by atoms with E-state index in [0.29, 0.717) is 69.0 Å². The van der Waals surface area contributed by atoms with Crippen LogP contribution in [0.4, 0.5) is 26.3 Å². The molecule has 0 bridgehead atoms. The normalized spacial score (nSPS) is 16.1. The summed E-state index contributed by atoms with van der Waals surface area (Å²) in [6, 6.07) is 44.9. The third-order valence-electron chi connectivity index (χ3n) is 12.5. The highest BCUT2D eigenvalue weighted by molar-refractivity contribution is 6.31. The van der Waals surface area contributed by atoms with Crippen LogP contribution in [0.25, 0.3) is 0 Å². The third kappa shape index (κ3) is 16.8. The number of ether oxygens (including phenoxy) is 5. The van der Waals surface area contributed by atoms with Crippen molar-refractivity contribution in [3.05, 3.63) is 199 Å². The first-order chi connectivity index (χ1) is 35.2. The minimum atomic E-state index is -4.93. The number of likely N-dealkylation sites (N-methyl/N-ethyl adjacent to an activating group) is 2. The first kappa shape index (κ1) is 58.4. The molecule has 1 heterocycles. The van der Waals surface area contributed by atoms with Gasteiger partial charge in [0.15, 0.2) is 0 Å². The van der Waals surface area contributed by atoms with Gasteiger partial charge in [0.2, 0.25) is 0 Å². The van der Waals surface area contributed by atoms with Crippen LogP contribution in [-0.2, 0) is 31.8 Å². The molecule has 0 spiro atoms. The van der Waals surface area contributed by atoms with Gasteiger partial charge < -0.3 is 33.5 Å². The maximum absolute atomic E-state index is 13.1. The van der Waals surface area contributed by atoms with Gasteiger partial charge in [-0.3, -0.25) is 4.79 Å². The predicted octanol–water partition coefficient (Wildman–Crippen LogP) is 13.8. The van der Waals surface area contributed by atoms with Crippen LogP contribution in [0.1, 0.15) is 45.2 Å². The van der Waals surface area contributed by atoms with Crippen molar-refractivity contribution in [2.75, 3.05) is 67.7 Å². The first-order valence-corrected chi connectivity index (χ1v) is 24.9. The van der Waals surface area contributed by atoms with Crippen LogP contribution >= 0.6 is 46.4 Å². The van der Waals surface area contributed by atoms with Crippen molar-refractivity contribution in [1.82, 2.24) is 9.80 Å². The summed E-state index contributed by atoms with van der Waals surface area (Å²) < 4.78 is 103. The molecular formula is C56H56Cl4F6N2O6. The molecule has 74 heavy (non-hydrogen) atoms. The fraction of sp³-hybridized carbons (Fsp3) is 0.339. The molecule has 0 radical (unpaired) electrons. The standard InChI is InChI=1S/2C28H28Cl2F3NO3/c1-34(18-25(20-5-9-22(29)10-6-20)21-7-11-23(30)12-8-21)15-16-36-24-13-3-19(4-14-24)17-26-27(35-2,37-26)28(31,32)33;1-34(18-25(20-5-9-22(29)10-6-20)21-7-11-23(30)12-8-21)15-16-37-24-13-3-19(4-14-24)17-26(36-2)27(35)28(31,32)33/h2*3-14,25-26H,15-18H2,1-2H3. The molecule has 3 atom stereocenters. The van der Waals surface area contributed by atoms with E-state index in [1.54, 1.807) is 48.5 Å². The summed E-state index contributed by atoms with van der Waals surface area (Å²) >= 11 is 24.3. The van der Waals surface area contributed by atoms with Crippen molar-refractivity contribution in [2.24, 2.45) is 0 Å². The average Bonchev–Trinajstić information content (AvgIpc) is 4.10. The Balaban J connectivity index is 0.000000241. The number of rotatable bonds is 23. The number of benzene rings is 6. The lowest BCUT2D eigenvalue weighted by Crippen LogP contribution is -2.37. The zero-order valence-corrected chi connectivity index (χ0v) is 44.0. The molecule has 18 heteroatoms. The van der Waals surface area contributed by atoms with Crippen LogP contribution in [0.3, 0.4) is 0 Å². The van der Waals surface area contributed by atoms with Crippen LogP contribution < -0.4 is 9.47 Å². The lowest BCUT2D eigenvalue weighted by molar-refractivity contribution is -0.263. The zero-order valence-electron chi connectivity index (χ0n) is 40.9. The van der Waals surface area contributed by atoms with Gasteiger partial charge in [0, 0.05) is 85.2 Å². The van der Waals surface area contributed by atoms with Gasteiger partial charge in [0.25, 0.3) is 11.6 Å². The summed E-state index contributed by atoms with van der Waals surface area (Å²) in [7, 11) is 6.14. The van der Waals surface area contributed by atoms with E-state index in [9.17, 15) is 31.1 Å². The van der Waals surface area contributed by atoms with Gasteiger partial charge in [-0.2, -0.15) is 26.3 Å². The Morgan fingerprint density at radius 3 is 1.22 bits per heavy atom. The Morgan fingerprint density at radius 2 is 0.919 bits per heavy atom. The van der Waals surface area contributed by atoms with Gasteiger partial charge >= 0.3 is 12.4 Å². The molecule has 6 aromatic carbocycles. The van der Waals surface area contributed by atoms with Gasteiger partial charge in [0.1, 0.15) is 36.9 Å². The molecule has 396 valence electrons. The van der Waals surface area contributed by atoms with Crippen molar-refractivity contribution < 1.29 is 54.8 Å². The quantitative estimate of drug-likeness (QED) is 0.0464. The zero-order chi connectivity index (χ0) is 53.6. The molecular weight excluding hydrogens is 1050 g/mol. The van der Waals surface area contributed by atoms with E-state index >= 15 is 0 Å². The van der Waals surface area contributed by atoms with Gasteiger partial charge in [-0.15, -0.1) is 0 Å². The number of methoxy groups -OCH3 is 2. The molecule has 0 amide bonds. The minimum absolute atomic E-state index is 0.104. The predicted molar refractivity (Wildman–Crippen MR) is 278 cm³/mol. The molecule has 0 aliphatic carbocycles. The summed E-state index contributed by atoms with van der Waals surface area (Å²) in [5, 5.41) is 2.73. The molecule has 3 unspecified atom stereocenters. The van der Waals surface area contributed by atoms with E-state index < -0.39 is 36.1 Å². The number of hydrogen-bond acceptors (Lipinski definition) is 8. The molecule has 8 nitrogen and oxygen atoms in total. The van der Waals surface area contributed by atoms with Crippen molar-refractivity contribution in [1.29, 1.82) is 0 Å². The number of halogens is 10. The van der Waals surface area contributed by atoms with Crippen molar-refractivity contribution >= 4 is 52.2 Å². The second kappa shape index (κ2) is 26.8. The Kier molecular flexibility index (Phi) is 21.1. The summed E-state index contributed by atoms with van der Waals surface area (Å²) in [5.74, 6) is -2.93. The summed E-state index contributed by atoms with van der Waals surface area (Å²) in [6.07, 6.45) is -12.2. The highest BCUT2D eigenvalue weighted by Gasteiger charge is 2.74. The van der Waals surface area contributed by atoms with Crippen LogP contribution in [0.5, 0.6) is 11.5 Å². The molecule has 1 fully saturated rings. The Bertz CT molecular complexity index is 2570. The maximum atomic E-state index is 13.1. The highest BCUT2D eigenvalue weighted by Crippen LogP contribution is 2.51. The topological polar surface area (TPSA) is 73.0 Å². The van der Waals surface area contributed by atoms with E-state index in [4.69, 9.17) is 65.4 Å². The van der Waals surface area contributed by atoms with Crippen molar-refractivity contribution in [3.63, 3.8) is 0 Å². The molecule has 1 aliphatic heterocycles. The molecule has 0 saturated carbocycles. The van der Waals surface area contributed by atoms with E-state index in [0.717, 1.165) is 49.6 Å². The Labute approximate surface area is 447 Å². The second-order valence-corrected chi connectivity index (χ2v) is 19.5. The number of hydrogen-bond donors (Lipinski definition) is 0. The maximum Gasteiger partial charge on any atom is 0.452 e. The van der Waals surface area contributed by atoms with E-state index in [1.807, 2.05) is 111 Å². The number of ketones is 1. The number of carbonyl (C=O) groups excluding carboxylic acids is 1. The number of nitrogens with zero attached hydrogens (tertiary/aromatic N) is 2. The van der Waals surface area contributed by atoms with Gasteiger partial charge in [-0.1, -0.05) is 119 Å². The second-order valence-electron chi connectivity index (χ2n) is 17.8. The molecule has 6 aromatic rings. The molecule has 7 rings (SSSR count). The number of epoxide rings is 1. The average molecular weight is 1110 g/mol. The van der Waals surface area contributed by atoms with E-state index in [-0.39, 0.29) is 24.7 Å². The van der Waals surface area contributed by atoms with Crippen LogP contribution in [0.15, 0.2) is 146 Å². The number of alkyl halides is 6. The monoisotopic (exact) mass is 1110 g/mol. The van der Waals surface area contributed by atoms with Gasteiger partial charge in [-0.25, -0.2) is 0 Å². The van der Waals surface area contributed by atoms with Crippen molar-refractivity contribution in [3.8, 4) is 11.5 Å². The van der Waals surface area contributed by atoms with Gasteiger partial charge in [0.05, 0.1) is 0 Å². The van der Waals surface area contributed by atoms with Crippen molar-refractivity contribution in [2.45, 2.75) is 55.0 Å². The van der Waals surface area contributed by atoms with Crippen LogP contribution in [-0.4, -0.2) is 114 Å². The van der Waals surface area contributed by atoms with E-state index in [1.165, 1.54) is 0 Å². The fourth-order valence-corrected chi connectivity index (χ4v) is 8.77. The van der Waals surface area contributed by atoms with Gasteiger partial charge in [-0.05, 0) is 120 Å². The number of carbonyl (C=O) groups is 1. The molecule has 0 aromatic heterocycles. The molecule has 1 aliphatic rings. The fourth-order valence-electron chi connectivity index (χ4n) is 8.27. The lowest BCUT2D eigenvalue weighted by atomic mass is 9.91. The first-order valence-electron chi connectivity index (χ1n) is 23.4. The minimum Gasteiger partial charge on any atom is -0.492 e. The highest BCUT2D eigenvalue weighted by atomic mass is 35.5. The van der Waals surface area contributed by atoms with Crippen LogP contribution in [0.2, 0.25) is 20.1 Å². The third-order valence-corrected chi connectivity index (χ3v) is 13.5. The summed E-state index contributed by atoms with van der Waals surface area (Å²) in [5.41, 5.74) is 5.83. The number of Topliss-reactive ketones (excluding diaryl/α,β-unsaturated/α-hetero) is 1. The lowest BCUT2D eigenvalue weighted by Gasteiger charge is -2.25. The van der Waals surface area contributed by atoms with E-state index in [2.05, 4.69) is 14.5 Å². The molecule has 0 N–H and O–H groups in total.